The van der Waals surface area contributed by atoms with E-state index >= 15 is 0 Å². The SMILES string of the molecule is Cc1ccc(S(N)(=O)=O)cc1C(=O)NCC1(C)CCCC1. The number of carbonyl (C=O) groups is 1. The summed E-state index contributed by atoms with van der Waals surface area (Å²) in [5.41, 5.74) is 1.25. The van der Waals surface area contributed by atoms with E-state index in [-0.39, 0.29) is 16.2 Å². The molecular weight excluding hydrogens is 288 g/mol. The molecule has 1 saturated carbocycles. The number of rotatable bonds is 4. The van der Waals surface area contributed by atoms with Crippen LogP contribution in [-0.2, 0) is 10.0 Å². The lowest BCUT2D eigenvalue weighted by Gasteiger charge is -2.24. The van der Waals surface area contributed by atoms with Crippen LogP contribution < -0.4 is 10.5 Å². The van der Waals surface area contributed by atoms with Gasteiger partial charge in [0.1, 0.15) is 0 Å². The highest BCUT2D eigenvalue weighted by Crippen LogP contribution is 2.36. The van der Waals surface area contributed by atoms with Crippen molar-refractivity contribution in [2.24, 2.45) is 10.6 Å². The standard InChI is InChI=1S/C15H22N2O3S/c1-11-5-6-12(21(16,19)20)9-13(11)14(18)17-10-15(2)7-3-4-8-15/h5-6,9H,3-4,7-8,10H2,1-2H3,(H,17,18)(H2,16,19,20). The van der Waals surface area contributed by atoms with Crippen LogP contribution in [0.15, 0.2) is 23.1 Å². The van der Waals surface area contributed by atoms with E-state index in [9.17, 15) is 13.2 Å². The van der Waals surface area contributed by atoms with Crippen molar-refractivity contribution in [3.63, 3.8) is 0 Å². The van der Waals surface area contributed by atoms with Crippen LogP contribution >= 0.6 is 0 Å². The van der Waals surface area contributed by atoms with Crippen molar-refractivity contribution in [1.82, 2.24) is 5.32 Å². The van der Waals surface area contributed by atoms with Gasteiger partial charge in [0.05, 0.1) is 4.90 Å². The van der Waals surface area contributed by atoms with E-state index in [4.69, 9.17) is 5.14 Å². The average molecular weight is 310 g/mol. The van der Waals surface area contributed by atoms with Gasteiger partial charge in [-0.1, -0.05) is 25.8 Å². The Hall–Kier alpha value is -1.40. The molecule has 0 unspecified atom stereocenters. The Balaban J connectivity index is 2.15. The molecule has 0 saturated heterocycles. The van der Waals surface area contributed by atoms with Crippen molar-refractivity contribution in [2.45, 2.75) is 44.4 Å². The highest BCUT2D eigenvalue weighted by molar-refractivity contribution is 7.89. The van der Waals surface area contributed by atoms with Gasteiger partial charge in [-0.15, -0.1) is 0 Å². The maximum absolute atomic E-state index is 12.3. The quantitative estimate of drug-likeness (QED) is 0.890. The molecule has 0 atom stereocenters. The lowest BCUT2D eigenvalue weighted by atomic mass is 9.89. The molecule has 0 spiro atoms. The molecule has 0 heterocycles. The summed E-state index contributed by atoms with van der Waals surface area (Å²) in [6.45, 7) is 4.57. The van der Waals surface area contributed by atoms with Gasteiger partial charge in [-0.2, -0.15) is 0 Å². The number of nitrogens with two attached hydrogens (primary N) is 1. The van der Waals surface area contributed by atoms with Crippen molar-refractivity contribution in [2.75, 3.05) is 6.54 Å². The van der Waals surface area contributed by atoms with Crippen molar-refractivity contribution in [1.29, 1.82) is 0 Å². The maximum atomic E-state index is 12.3. The zero-order chi connectivity index (χ0) is 15.7. The van der Waals surface area contributed by atoms with Gasteiger partial charge >= 0.3 is 0 Å². The van der Waals surface area contributed by atoms with Crippen LogP contribution in [0.5, 0.6) is 0 Å². The molecule has 2 rings (SSSR count). The smallest absolute Gasteiger partial charge is 0.251 e. The van der Waals surface area contributed by atoms with Gasteiger partial charge in [0, 0.05) is 12.1 Å². The Kier molecular flexibility index (Phi) is 4.39. The maximum Gasteiger partial charge on any atom is 0.251 e. The molecule has 6 heteroatoms. The molecule has 0 bridgehead atoms. The van der Waals surface area contributed by atoms with Crippen LogP contribution in [0, 0.1) is 12.3 Å². The molecule has 1 aliphatic carbocycles. The Labute approximate surface area is 126 Å². The molecule has 0 radical (unpaired) electrons. The second kappa shape index (κ2) is 5.77. The number of aryl methyl sites for hydroxylation is 1. The summed E-state index contributed by atoms with van der Waals surface area (Å²) >= 11 is 0. The molecule has 0 aliphatic heterocycles. The summed E-state index contributed by atoms with van der Waals surface area (Å²) in [5.74, 6) is -0.244. The summed E-state index contributed by atoms with van der Waals surface area (Å²) in [7, 11) is -3.80. The number of primary sulfonamides is 1. The Morgan fingerprint density at radius 2 is 1.95 bits per heavy atom. The lowest BCUT2D eigenvalue weighted by molar-refractivity contribution is 0.0933. The Morgan fingerprint density at radius 1 is 1.33 bits per heavy atom. The average Bonchev–Trinajstić information content (AvgIpc) is 2.83. The van der Waals surface area contributed by atoms with E-state index in [0.717, 1.165) is 18.4 Å². The molecule has 116 valence electrons. The topological polar surface area (TPSA) is 89.3 Å². The van der Waals surface area contributed by atoms with Crippen LogP contribution in [0.25, 0.3) is 0 Å². The number of hydrogen-bond acceptors (Lipinski definition) is 3. The van der Waals surface area contributed by atoms with Crippen LogP contribution in [-0.4, -0.2) is 20.9 Å². The fourth-order valence-corrected chi connectivity index (χ4v) is 3.36. The predicted octanol–water partition coefficient (Wildman–Crippen LogP) is 1.95. The Morgan fingerprint density at radius 3 is 2.52 bits per heavy atom. The van der Waals surface area contributed by atoms with E-state index < -0.39 is 10.0 Å². The van der Waals surface area contributed by atoms with Crippen molar-refractivity contribution in [3.05, 3.63) is 29.3 Å². The van der Waals surface area contributed by atoms with E-state index in [1.165, 1.54) is 25.0 Å². The molecular formula is C15H22N2O3S. The van der Waals surface area contributed by atoms with Gasteiger partial charge in [-0.3, -0.25) is 4.79 Å². The van der Waals surface area contributed by atoms with Gasteiger partial charge < -0.3 is 5.32 Å². The van der Waals surface area contributed by atoms with E-state index in [0.29, 0.717) is 12.1 Å². The third-order valence-electron chi connectivity index (χ3n) is 4.27. The fourth-order valence-electron chi connectivity index (χ4n) is 2.82. The largest absolute Gasteiger partial charge is 0.351 e. The summed E-state index contributed by atoms with van der Waals surface area (Å²) in [4.78, 5) is 12.3. The number of carbonyl (C=O) groups excluding carboxylic acids is 1. The van der Waals surface area contributed by atoms with Crippen LogP contribution in [0.2, 0.25) is 0 Å². The third-order valence-corrected chi connectivity index (χ3v) is 5.18. The third kappa shape index (κ3) is 3.83. The highest BCUT2D eigenvalue weighted by Gasteiger charge is 2.29. The molecule has 5 nitrogen and oxygen atoms in total. The van der Waals surface area contributed by atoms with E-state index in [1.807, 2.05) is 0 Å². The first kappa shape index (κ1) is 16.0. The van der Waals surface area contributed by atoms with Crippen molar-refractivity contribution in [3.8, 4) is 0 Å². The van der Waals surface area contributed by atoms with Crippen LogP contribution in [0.3, 0.4) is 0 Å². The predicted molar refractivity (Wildman–Crippen MR) is 81.5 cm³/mol. The van der Waals surface area contributed by atoms with Crippen molar-refractivity contribution >= 4 is 15.9 Å². The van der Waals surface area contributed by atoms with Crippen LogP contribution in [0.1, 0.15) is 48.5 Å². The first-order valence-electron chi connectivity index (χ1n) is 7.13. The molecule has 21 heavy (non-hydrogen) atoms. The number of benzene rings is 1. The lowest BCUT2D eigenvalue weighted by Crippen LogP contribution is -2.34. The van der Waals surface area contributed by atoms with Gasteiger partial charge in [0.15, 0.2) is 0 Å². The Bertz CT molecular complexity index is 647. The minimum Gasteiger partial charge on any atom is -0.351 e. The molecule has 1 aliphatic rings. The van der Waals surface area contributed by atoms with E-state index in [1.54, 1.807) is 13.0 Å². The first-order valence-corrected chi connectivity index (χ1v) is 8.68. The van der Waals surface area contributed by atoms with E-state index in [2.05, 4.69) is 12.2 Å². The summed E-state index contributed by atoms with van der Waals surface area (Å²) in [6, 6.07) is 4.36. The number of amides is 1. The minimum absolute atomic E-state index is 0.0367. The van der Waals surface area contributed by atoms with Gasteiger partial charge in [0.25, 0.3) is 5.91 Å². The van der Waals surface area contributed by atoms with Gasteiger partial charge in [0.2, 0.25) is 10.0 Å². The molecule has 0 aromatic heterocycles. The highest BCUT2D eigenvalue weighted by atomic mass is 32.2. The summed E-state index contributed by atoms with van der Waals surface area (Å²) < 4.78 is 22.8. The second-order valence-corrected chi connectivity index (χ2v) is 7.78. The number of sulfonamides is 1. The summed E-state index contributed by atoms with van der Waals surface area (Å²) in [5, 5.41) is 8.04. The summed E-state index contributed by atoms with van der Waals surface area (Å²) in [6.07, 6.45) is 4.63. The second-order valence-electron chi connectivity index (χ2n) is 6.22. The zero-order valence-electron chi connectivity index (χ0n) is 12.5. The first-order chi connectivity index (χ1) is 9.71. The molecule has 1 amide bonds. The number of nitrogens with one attached hydrogen (secondary N) is 1. The van der Waals surface area contributed by atoms with Gasteiger partial charge in [-0.25, -0.2) is 13.6 Å². The normalized spacial score (nSPS) is 17.7. The zero-order valence-corrected chi connectivity index (χ0v) is 13.3. The molecule has 1 aromatic rings. The molecule has 1 fully saturated rings. The number of hydrogen-bond donors (Lipinski definition) is 2. The van der Waals surface area contributed by atoms with Crippen LogP contribution in [0.4, 0.5) is 0 Å². The molecule has 3 N–H and O–H groups in total. The minimum atomic E-state index is -3.80. The van der Waals surface area contributed by atoms with Gasteiger partial charge in [-0.05, 0) is 42.9 Å². The molecule has 1 aromatic carbocycles. The van der Waals surface area contributed by atoms with Crippen molar-refractivity contribution < 1.29 is 13.2 Å². The monoisotopic (exact) mass is 310 g/mol. The fraction of sp³-hybridized carbons (Fsp3) is 0.533.